The Kier molecular flexibility index (Phi) is 6.00. The van der Waals surface area contributed by atoms with Crippen LogP contribution in [0.3, 0.4) is 0 Å². The first kappa shape index (κ1) is 18.5. The van der Waals surface area contributed by atoms with Crippen molar-refractivity contribution in [2.45, 2.75) is 37.8 Å². The molecular formula is C16H17N5O3S2. The number of carbonyl (C=O) groups excluding carboxylic acids is 2. The number of thioether (sulfide) groups is 1. The molecule has 1 aliphatic carbocycles. The summed E-state index contributed by atoms with van der Waals surface area (Å²) in [4.78, 5) is 33.2. The molecule has 26 heavy (non-hydrogen) atoms. The van der Waals surface area contributed by atoms with Gasteiger partial charge >= 0.3 is 0 Å². The van der Waals surface area contributed by atoms with Gasteiger partial charge in [0, 0.05) is 18.4 Å². The first-order valence-electron chi connectivity index (χ1n) is 8.21. The molecule has 2 aliphatic rings. The van der Waals surface area contributed by atoms with Crippen LogP contribution in [0.5, 0.6) is 5.88 Å². The molecule has 1 N–H and O–H groups in total. The van der Waals surface area contributed by atoms with Gasteiger partial charge in [0.25, 0.3) is 5.88 Å². The van der Waals surface area contributed by atoms with Crippen molar-refractivity contribution in [2.24, 2.45) is 0 Å². The van der Waals surface area contributed by atoms with E-state index in [-0.39, 0.29) is 42.1 Å². The van der Waals surface area contributed by atoms with Crippen molar-refractivity contribution in [3.05, 3.63) is 18.1 Å². The molecular weight excluding hydrogens is 374 g/mol. The Hall–Kier alpha value is -2.25. The second kappa shape index (κ2) is 8.42. The molecule has 2 heterocycles. The van der Waals surface area contributed by atoms with Crippen LogP contribution in [-0.2, 0) is 9.59 Å². The van der Waals surface area contributed by atoms with Crippen molar-refractivity contribution in [3.63, 3.8) is 0 Å². The molecule has 0 aromatic carbocycles. The Bertz CT molecular complexity index is 742. The van der Waals surface area contributed by atoms with Crippen LogP contribution in [0, 0.1) is 11.3 Å². The van der Waals surface area contributed by atoms with Crippen LogP contribution in [0.15, 0.2) is 12.4 Å². The van der Waals surface area contributed by atoms with Crippen LogP contribution in [0.4, 0.5) is 0 Å². The van der Waals surface area contributed by atoms with E-state index < -0.39 is 0 Å². The average molecular weight is 391 g/mol. The van der Waals surface area contributed by atoms with Crippen LogP contribution < -0.4 is 10.1 Å². The summed E-state index contributed by atoms with van der Waals surface area (Å²) >= 11 is 6.36. The number of ether oxygens (including phenoxy) is 1. The molecule has 1 saturated heterocycles. The molecule has 1 saturated carbocycles. The van der Waals surface area contributed by atoms with E-state index in [9.17, 15) is 9.59 Å². The Morgan fingerprint density at radius 2 is 2.12 bits per heavy atom. The van der Waals surface area contributed by atoms with Crippen LogP contribution in [0.25, 0.3) is 0 Å². The third-order valence-electron chi connectivity index (χ3n) is 4.23. The number of rotatable bonds is 5. The smallest absolute Gasteiger partial charge is 0.251 e. The highest BCUT2D eigenvalue weighted by atomic mass is 32.2. The summed E-state index contributed by atoms with van der Waals surface area (Å²) in [7, 11) is 0. The van der Waals surface area contributed by atoms with E-state index in [1.165, 1.54) is 29.1 Å². The normalized spacial score (nSPS) is 22.8. The lowest BCUT2D eigenvalue weighted by molar-refractivity contribution is -0.130. The van der Waals surface area contributed by atoms with E-state index in [0.29, 0.717) is 10.1 Å². The summed E-state index contributed by atoms with van der Waals surface area (Å²) in [6.45, 7) is -0.0216. The number of nitrogens with zero attached hydrogens (tertiary/aromatic N) is 4. The molecule has 8 nitrogen and oxygen atoms in total. The second-order valence-corrected chi connectivity index (χ2v) is 7.62. The van der Waals surface area contributed by atoms with Crippen molar-refractivity contribution in [2.75, 3.05) is 12.3 Å². The Morgan fingerprint density at radius 1 is 1.38 bits per heavy atom. The maximum Gasteiger partial charge on any atom is 0.251 e. The zero-order valence-electron chi connectivity index (χ0n) is 13.9. The molecule has 136 valence electrons. The van der Waals surface area contributed by atoms with Gasteiger partial charge < -0.3 is 10.1 Å². The minimum absolute atomic E-state index is 0.0216. The van der Waals surface area contributed by atoms with E-state index >= 15 is 0 Å². The minimum Gasteiger partial charge on any atom is -0.472 e. The summed E-state index contributed by atoms with van der Waals surface area (Å²) in [5.74, 6) is 0.237. The summed E-state index contributed by atoms with van der Waals surface area (Å²) in [6, 6.07) is 2.00. The number of nitrogens with one attached hydrogen (secondary N) is 1. The van der Waals surface area contributed by atoms with Crippen molar-refractivity contribution < 1.29 is 14.3 Å². The van der Waals surface area contributed by atoms with Gasteiger partial charge in [-0.1, -0.05) is 24.0 Å². The van der Waals surface area contributed by atoms with Gasteiger partial charge in [0.1, 0.15) is 23.0 Å². The Morgan fingerprint density at radius 3 is 2.77 bits per heavy atom. The van der Waals surface area contributed by atoms with Gasteiger partial charge in [0.2, 0.25) is 17.5 Å². The lowest BCUT2D eigenvalue weighted by Crippen LogP contribution is -2.45. The number of amides is 2. The van der Waals surface area contributed by atoms with E-state index in [1.54, 1.807) is 0 Å². The fourth-order valence-corrected chi connectivity index (χ4v) is 3.99. The summed E-state index contributed by atoms with van der Waals surface area (Å²) < 4.78 is 6.24. The third-order valence-corrected chi connectivity index (χ3v) is 5.66. The largest absolute Gasteiger partial charge is 0.472 e. The fourth-order valence-electron chi connectivity index (χ4n) is 2.92. The average Bonchev–Trinajstić information content (AvgIpc) is 2.96. The van der Waals surface area contributed by atoms with Gasteiger partial charge in [-0.2, -0.15) is 5.26 Å². The minimum atomic E-state index is -0.201. The van der Waals surface area contributed by atoms with E-state index in [4.69, 9.17) is 22.2 Å². The molecule has 3 rings (SSSR count). The first-order valence-corrected chi connectivity index (χ1v) is 9.60. The lowest BCUT2D eigenvalue weighted by Gasteiger charge is -2.29. The zero-order valence-corrected chi connectivity index (χ0v) is 15.5. The van der Waals surface area contributed by atoms with E-state index in [0.717, 1.165) is 25.7 Å². The number of hydrogen-bond acceptors (Lipinski definition) is 8. The number of hydrogen-bond donors (Lipinski definition) is 1. The molecule has 0 atom stereocenters. The van der Waals surface area contributed by atoms with Crippen molar-refractivity contribution in [3.8, 4) is 11.9 Å². The van der Waals surface area contributed by atoms with Crippen LogP contribution in [0.1, 0.15) is 31.4 Å². The topological polar surface area (TPSA) is 108 Å². The monoisotopic (exact) mass is 391 g/mol. The van der Waals surface area contributed by atoms with E-state index in [2.05, 4.69) is 15.3 Å². The molecule has 0 bridgehead atoms. The summed E-state index contributed by atoms with van der Waals surface area (Å²) in [5, 5.41) is 12.0. The van der Waals surface area contributed by atoms with Gasteiger partial charge in [-0.05, 0) is 25.7 Å². The number of nitriles is 1. The van der Waals surface area contributed by atoms with Gasteiger partial charge in [-0.3, -0.25) is 14.5 Å². The van der Waals surface area contributed by atoms with Gasteiger partial charge in [-0.15, -0.1) is 0 Å². The molecule has 1 aromatic rings. The quantitative estimate of drug-likeness (QED) is 0.741. The molecule has 2 amide bonds. The van der Waals surface area contributed by atoms with E-state index in [1.807, 2.05) is 6.07 Å². The highest BCUT2D eigenvalue weighted by molar-refractivity contribution is 8.23. The van der Waals surface area contributed by atoms with Crippen LogP contribution in [0.2, 0.25) is 0 Å². The number of carbonyl (C=O) groups is 2. The summed E-state index contributed by atoms with van der Waals surface area (Å²) in [5.41, 5.74) is 0.173. The highest BCUT2D eigenvalue weighted by Gasteiger charge is 2.30. The molecule has 1 aromatic heterocycles. The molecule has 10 heteroatoms. The first-order chi connectivity index (χ1) is 12.6. The molecule has 0 unspecified atom stereocenters. The predicted octanol–water partition coefficient (Wildman–Crippen LogP) is 1.01. The van der Waals surface area contributed by atoms with Crippen molar-refractivity contribution in [1.82, 2.24) is 20.2 Å². The highest BCUT2D eigenvalue weighted by Crippen LogP contribution is 2.24. The molecule has 0 spiro atoms. The van der Waals surface area contributed by atoms with Crippen molar-refractivity contribution >= 4 is 40.1 Å². The lowest BCUT2D eigenvalue weighted by atomic mass is 9.93. The predicted molar refractivity (Wildman–Crippen MR) is 98.3 cm³/mol. The van der Waals surface area contributed by atoms with Crippen LogP contribution in [-0.4, -0.2) is 55.4 Å². The third kappa shape index (κ3) is 4.47. The standard InChI is InChI=1S/C16H17N5O3S2/c17-7-12-15(19-6-5-18-12)24-11-3-1-10(2-4-11)20-13(22)8-21-14(23)9-26-16(21)25/h5-6,10-11H,1-4,8-9H2,(H,20,22). The zero-order chi connectivity index (χ0) is 18.5. The summed E-state index contributed by atoms with van der Waals surface area (Å²) in [6.07, 6.45) is 5.87. The number of aromatic nitrogens is 2. The Labute approximate surface area is 160 Å². The SMILES string of the molecule is N#Cc1nccnc1OC1CCC(NC(=O)CN2C(=O)CSC2=S)CC1. The molecule has 2 fully saturated rings. The van der Waals surface area contributed by atoms with Crippen molar-refractivity contribution in [1.29, 1.82) is 5.26 Å². The molecule has 1 aliphatic heterocycles. The fraction of sp³-hybridized carbons (Fsp3) is 0.500. The maximum absolute atomic E-state index is 12.2. The van der Waals surface area contributed by atoms with Gasteiger partial charge in [0.15, 0.2) is 0 Å². The van der Waals surface area contributed by atoms with Gasteiger partial charge in [0.05, 0.1) is 5.75 Å². The second-order valence-electron chi connectivity index (χ2n) is 6.02. The number of thiocarbonyl (C=S) groups is 1. The Balaban J connectivity index is 1.45. The molecule has 0 radical (unpaired) electrons. The van der Waals surface area contributed by atoms with Crippen LogP contribution >= 0.6 is 24.0 Å². The maximum atomic E-state index is 12.2. The van der Waals surface area contributed by atoms with Gasteiger partial charge in [-0.25, -0.2) is 9.97 Å².